The maximum atomic E-state index is 12.0. The smallest absolute Gasteiger partial charge is 0.269 e. The van der Waals surface area contributed by atoms with Gasteiger partial charge in [-0.1, -0.05) is 13.8 Å². The standard InChI is InChI=1S/C15H18N2O4/c1-15(2)11-8-9(17(20)21)5-6-10(11)13(14(15)19)16-7-3-4-12(16)18/h5-6,8,13-14,19H,3-4,7H2,1-2H3/t13-,14+/m1/s1. The summed E-state index contributed by atoms with van der Waals surface area (Å²) in [5.41, 5.74) is 0.985. The highest BCUT2D eigenvalue weighted by Crippen LogP contribution is 2.49. The van der Waals surface area contributed by atoms with Crippen molar-refractivity contribution in [1.29, 1.82) is 0 Å². The summed E-state index contributed by atoms with van der Waals surface area (Å²) in [4.78, 5) is 24.3. The van der Waals surface area contributed by atoms with Gasteiger partial charge in [-0.05, 0) is 23.6 Å². The lowest BCUT2D eigenvalue weighted by atomic mass is 9.84. The average molecular weight is 290 g/mol. The first-order chi connectivity index (χ1) is 9.84. The number of aliphatic hydroxyl groups is 1. The summed E-state index contributed by atoms with van der Waals surface area (Å²) in [7, 11) is 0. The van der Waals surface area contributed by atoms with Crippen LogP contribution in [0.15, 0.2) is 18.2 Å². The van der Waals surface area contributed by atoms with Gasteiger partial charge in [0.25, 0.3) is 5.69 Å². The van der Waals surface area contributed by atoms with Crippen LogP contribution in [-0.2, 0) is 10.2 Å². The number of carbonyl (C=O) groups is 1. The molecule has 0 aromatic heterocycles. The Hall–Kier alpha value is -1.95. The third kappa shape index (κ3) is 1.93. The molecule has 1 N–H and O–H groups in total. The number of nitro groups is 1. The summed E-state index contributed by atoms with van der Waals surface area (Å²) in [6, 6.07) is 4.26. The average Bonchev–Trinajstić information content (AvgIpc) is 2.92. The van der Waals surface area contributed by atoms with E-state index in [0.717, 1.165) is 17.5 Å². The third-order valence-electron chi connectivity index (χ3n) is 4.74. The highest BCUT2D eigenvalue weighted by Gasteiger charge is 2.50. The molecule has 1 aromatic rings. The minimum absolute atomic E-state index is 0.0161. The van der Waals surface area contributed by atoms with Crippen molar-refractivity contribution >= 4 is 11.6 Å². The molecule has 21 heavy (non-hydrogen) atoms. The number of hydrogen-bond acceptors (Lipinski definition) is 4. The van der Waals surface area contributed by atoms with E-state index in [4.69, 9.17) is 0 Å². The van der Waals surface area contributed by atoms with Gasteiger partial charge >= 0.3 is 0 Å². The van der Waals surface area contributed by atoms with E-state index in [-0.39, 0.29) is 11.6 Å². The second kappa shape index (κ2) is 4.53. The van der Waals surface area contributed by atoms with Crippen molar-refractivity contribution in [3.63, 3.8) is 0 Å². The van der Waals surface area contributed by atoms with Crippen LogP contribution in [0.2, 0.25) is 0 Å². The molecule has 112 valence electrons. The Morgan fingerprint density at radius 2 is 2.14 bits per heavy atom. The lowest BCUT2D eigenvalue weighted by molar-refractivity contribution is -0.385. The molecule has 1 amide bonds. The van der Waals surface area contributed by atoms with Crippen molar-refractivity contribution in [2.24, 2.45) is 0 Å². The highest BCUT2D eigenvalue weighted by atomic mass is 16.6. The number of non-ortho nitro benzene ring substituents is 1. The molecule has 1 fully saturated rings. The second-order valence-corrected chi connectivity index (χ2v) is 6.33. The largest absolute Gasteiger partial charge is 0.390 e. The van der Waals surface area contributed by atoms with E-state index in [1.165, 1.54) is 12.1 Å². The lowest BCUT2D eigenvalue weighted by Gasteiger charge is -2.32. The van der Waals surface area contributed by atoms with Crippen molar-refractivity contribution in [2.75, 3.05) is 6.54 Å². The quantitative estimate of drug-likeness (QED) is 0.666. The van der Waals surface area contributed by atoms with E-state index in [1.54, 1.807) is 11.0 Å². The Morgan fingerprint density at radius 3 is 2.71 bits per heavy atom. The zero-order valence-electron chi connectivity index (χ0n) is 12.1. The maximum absolute atomic E-state index is 12.0. The first-order valence-corrected chi connectivity index (χ1v) is 7.10. The molecule has 2 atom stereocenters. The van der Waals surface area contributed by atoms with Gasteiger partial charge in [-0.15, -0.1) is 0 Å². The summed E-state index contributed by atoms with van der Waals surface area (Å²) in [5, 5.41) is 21.6. The SMILES string of the molecule is CC1(C)c2cc([N+](=O)[O-])ccc2[C@@H](N2CCCC2=O)[C@@H]1O. The van der Waals surface area contributed by atoms with Crippen molar-refractivity contribution < 1.29 is 14.8 Å². The van der Waals surface area contributed by atoms with Crippen LogP contribution >= 0.6 is 0 Å². The minimum Gasteiger partial charge on any atom is -0.390 e. The lowest BCUT2D eigenvalue weighted by Crippen LogP contribution is -2.40. The van der Waals surface area contributed by atoms with E-state index >= 15 is 0 Å². The van der Waals surface area contributed by atoms with Gasteiger partial charge in [-0.2, -0.15) is 0 Å². The Kier molecular flexibility index (Phi) is 3.02. The fourth-order valence-corrected chi connectivity index (χ4v) is 3.50. The molecule has 1 aliphatic carbocycles. The molecule has 6 nitrogen and oxygen atoms in total. The molecule has 0 bridgehead atoms. The van der Waals surface area contributed by atoms with Gasteiger partial charge in [0, 0.05) is 30.5 Å². The minimum atomic E-state index is -0.753. The summed E-state index contributed by atoms with van der Waals surface area (Å²) in [6.07, 6.45) is 0.549. The van der Waals surface area contributed by atoms with E-state index in [0.29, 0.717) is 13.0 Å². The maximum Gasteiger partial charge on any atom is 0.269 e. The van der Waals surface area contributed by atoms with E-state index in [2.05, 4.69) is 0 Å². The Balaban J connectivity index is 2.11. The number of rotatable bonds is 2. The summed E-state index contributed by atoms with van der Waals surface area (Å²) < 4.78 is 0. The fourth-order valence-electron chi connectivity index (χ4n) is 3.50. The molecule has 1 aliphatic heterocycles. The van der Waals surface area contributed by atoms with Crippen LogP contribution in [0.1, 0.15) is 43.9 Å². The molecule has 1 aromatic carbocycles. The number of aliphatic hydroxyl groups excluding tert-OH is 1. The Labute approximate surface area is 122 Å². The summed E-state index contributed by atoms with van der Waals surface area (Å²) in [6.45, 7) is 4.36. The molecule has 1 saturated heterocycles. The first kappa shape index (κ1) is 14.0. The van der Waals surface area contributed by atoms with Crippen molar-refractivity contribution in [1.82, 2.24) is 4.90 Å². The van der Waals surface area contributed by atoms with Crippen molar-refractivity contribution in [3.05, 3.63) is 39.4 Å². The normalized spacial score (nSPS) is 27.0. The highest BCUT2D eigenvalue weighted by molar-refractivity contribution is 5.79. The van der Waals surface area contributed by atoms with Crippen molar-refractivity contribution in [2.45, 2.75) is 44.2 Å². The predicted molar refractivity (Wildman–Crippen MR) is 75.8 cm³/mol. The molecule has 0 unspecified atom stereocenters. The van der Waals surface area contributed by atoms with Gasteiger partial charge in [-0.25, -0.2) is 0 Å². The summed E-state index contributed by atoms with van der Waals surface area (Å²) in [5.74, 6) is 0.0426. The van der Waals surface area contributed by atoms with Crippen molar-refractivity contribution in [3.8, 4) is 0 Å². The molecule has 1 heterocycles. The summed E-state index contributed by atoms with van der Waals surface area (Å²) >= 11 is 0. The molecule has 6 heteroatoms. The number of carbonyl (C=O) groups excluding carboxylic acids is 1. The molecule has 0 saturated carbocycles. The van der Waals surface area contributed by atoms with Crippen LogP contribution in [0.5, 0.6) is 0 Å². The number of nitrogens with zero attached hydrogens (tertiary/aromatic N) is 2. The number of benzene rings is 1. The van der Waals surface area contributed by atoms with Crippen LogP contribution in [0.3, 0.4) is 0 Å². The van der Waals surface area contributed by atoms with Gasteiger partial charge in [0.15, 0.2) is 0 Å². The van der Waals surface area contributed by atoms with Gasteiger partial charge in [0.05, 0.1) is 17.1 Å². The van der Waals surface area contributed by atoms with E-state index < -0.39 is 22.5 Å². The van der Waals surface area contributed by atoms with E-state index in [9.17, 15) is 20.0 Å². The number of hydrogen-bond donors (Lipinski definition) is 1. The van der Waals surface area contributed by atoms with Crippen LogP contribution in [0.4, 0.5) is 5.69 Å². The molecule has 0 radical (unpaired) electrons. The number of likely N-dealkylation sites (tertiary alicyclic amines) is 1. The second-order valence-electron chi connectivity index (χ2n) is 6.33. The van der Waals surface area contributed by atoms with Crippen LogP contribution in [0, 0.1) is 10.1 Å². The molecular weight excluding hydrogens is 272 g/mol. The Morgan fingerprint density at radius 1 is 1.43 bits per heavy atom. The van der Waals surface area contributed by atoms with Crippen LogP contribution in [-0.4, -0.2) is 33.5 Å². The predicted octanol–water partition coefficient (Wildman–Crippen LogP) is 1.91. The number of amides is 1. The molecule has 0 spiro atoms. The van der Waals surface area contributed by atoms with E-state index in [1.807, 2.05) is 13.8 Å². The van der Waals surface area contributed by atoms with Gasteiger partial charge in [0.2, 0.25) is 5.91 Å². The van der Waals surface area contributed by atoms with Gasteiger partial charge in [-0.3, -0.25) is 14.9 Å². The number of nitro benzene ring substituents is 1. The number of fused-ring (bicyclic) bond motifs is 1. The van der Waals surface area contributed by atoms with Crippen LogP contribution < -0.4 is 0 Å². The first-order valence-electron chi connectivity index (χ1n) is 7.10. The Bertz CT molecular complexity index is 626. The molecular formula is C15H18N2O4. The van der Waals surface area contributed by atoms with Gasteiger partial charge < -0.3 is 10.0 Å². The molecule has 2 aliphatic rings. The molecule has 3 rings (SSSR count). The topological polar surface area (TPSA) is 83.7 Å². The van der Waals surface area contributed by atoms with Gasteiger partial charge in [0.1, 0.15) is 0 Å². The zero-order chi connectivity index (χ0) is 15.4. The zero-order valence-corrected chi connectivity index (χ0v) is 12.1. The van der Waals surface area contributed by atoms with Crippen LogP contribution in [0.25, 0.3) is 0 Å². The fraction of sp³-hybridized carbons (Fsp3) is 0.533. The monoisotopic (exact) mass is 290 g/mol. The third-order valence-corrected chi connectivity index (χ3v) is 4.74.